The molecule has 0 aliphatic carbocycles. The molecule has 1 aliphatic rings. The minimum Gasteiger partial charge on any atom is -0.494 e. The Labute approximate surface area is 148 Å². The molecule has 1 saturated heterocycles. The normalized spacial score (nSPS) is 20.4. The van der Waals surface area contributed by atoms with E-state index in [2.05, 4.69) is 5.10 Å². The van der Waals surface area contributed by atoms with E-state index in [1.165, 1.54) is 21.4 Å². The largest absolute Gasteiger partial charge is 0.494 e. The van der Waals surface area contributed by atoms with Gasteiger partial charge in [0.1, 0.15) is 16.3 Å². The average Bonchev–Trinajstić information content (AvgIpc) is 3.12. The molecule has 7 nitrogen and oxygen atoms in total. The molecule has 1 aromatic heterocycles. The Hall–Kier alpha value is -1.90. The second-order valence-corrected chi connectivity index (χ2v) is 8.35. The lowest BCUT2D eigenvalue weighted by molar-refractivity contribution is 0.243. The Balaban J connectivity index is 1.88. The van der Waals surface area contributed by atoms with Gasteiger partial charge in [-0.2, -0.15) is 9.40 Å². The zero-order valence-corrected chi connectivity index (χ0v) is 15.3. The smallest absolute Gasteiger partial charge is 0.246 e. The van der Waals surface area contributed by atoms with Crippen LogP contribution in [0.25, 0.3) is 5.69 Å². The summed E-state index contributed by atoms with van der Waals surface area (Å²) >= 11 is 0. The number of methoxy groups -OCH3 is 1. The molecule has 1 aliphatic heterocycles. The van der Waals surface area contributed by atoms with Gasteiger partial charge >= 0.3 is 0 Å². The van der Waals surface area contributed by atoms with Crippen LogP contribution >= 0.6 is 0 Å². The number of nitrogens with zero attached hydrogens (tertiary/aromatic N) is 3. The third kappa shape index (κ3) is 3.56. The van der Waals surface area contributed by atoms with Gasteiger partial charge in [-0.1, -0.05) is 12.1 Å². The van der Waals surface area contributed by atoms with E-state index in [1.54, 1.807) is 7.11 Å². The number of rotatable bonds is 5. The SMILES string of the molecule is COc1ccccc1-n1cc(S(=O)(=O)N2CCCC(C(C)N)C2)cn1. The van der Waals surface area contributed by atoms with Crippen LogP contribution in [0.3, 0.4) is 0 Å². The van der Waals surface area contributed by atoms with Crippen LogP contribution in [-0.4, -0.2) is 48.7 Å². The van der Waals surface area contributed by atoms with Gasteiger partial charge in [-0.25, -0.2) is 13.1 Å². The third-order valence-corrected chi connectivity index (χ3v) is 6.51. The molecule has 1 fully saturated rings. The highest BCUT2D eigenvalue weighted by Crippen LogP contribution is 2.27. The maximum Gasteiger partial charge on any atom is 0.246 e. The van der Waals surface area contributed by atoms with Crippen LogP contribution in [0.15, 0.2) is 41.6 Å². The van der Waals surface area contributed by atoms with Crippen LogP contribution in [-0.2, 0) is 10.0 Å². The van der Waals surface area contributed by atoms with Crippen molar-refractivity contribution >= 4 is 10.0 Å². The highest BCUT2D eigenvalue weighted by molar-refractivity contribution is 7.89. The summed E-state index contributed by atoms with van der Waals surface area (Å²) in [4.78, 5) is 0.184. The van der Waals surface area contributed by atoms with Crippen molar-refractivity contribution < 1.29 is 13.2 Å². The van der Waals surface area contributed by atoms with Gasteiger partial charge < -0.3 is 10.5 Å². The summed E-state index contributed by atoms with van der Waals surface area (Å²) < 4.78 is 34.3. The molecular weight excluding hydrogens is 340 g/mol. The molecule has 0 amide bonds. The Morgan fingerprint density at radius 1 is 1.36 bits per heavy atom. The van der Waals surface area contributed by atoms with Crippen LogP contribution in [0.4, 0.5) is 0 Å². The van der Waals surface area contributed by atoms with Crippen molar-refractivity contribution in [2.75, 3.05) is 20.2 Å². The summed E-state index contributed by atoms with van der Waals surface area (Å²) in [5, 5.41) is 4.22. The van der Waals surface area contributed by atoms with Crippen molar-refractivity contribution in [2.24, 2.45) is 11.7 Å². The molecule has 0 spiro atoms. The van der Waals surface area contributed by atoms with E-state index in [1.807, 2.05) is 31.2 Å². The fourth-order valence-corrected chi connectivity index (χ4v) is 4.63. The van der Waals surface area contributed by atoms with Crippen LogP contribution in [0.1, 0.15) is 19.8 Å². The molecule has 0 saturated carbocycles. The number of aromatic nitrogens is 2. The zero-order chi connectivity index (χ0) is 18.0. The Bertz CT molecular complexity index is 832. The van der Waals surface area contributed by atoms with Crippen molar-refractivity contribution in [1.82, 2.24) is 14.1 Å². The number of ether oxygens (including phenoxy) is 1. The van der Waals surface area contributed by atoms with Gasteiger partial charge in [0.25, 0.3) is 0 Å². The number of hydrogen-bond donors (Lipinski definition) is 1. The predicted molar refractivity (Wildman–Crippen MR) is 95.2 cm³/mol. The van der Waals surface area contributed by atoms with Gasteiger partial charge in [-0.15, -0.1) is 0 Å². The van der Waals surface area contributed by atoms with E-state index < -0.39 is 10.0 Å². The standard InChI is InChI=1S/C17H24N4O3S/c1-13(18)14-6-5-9-20(11-14)25(22,23)15-10-19-21(12-15)16-7-3-4-8-17(16)24-2/h3-4,7-8,10,12-14H,5-6,9,11,18H2,1-2H3. The van der Waals surface area contributed by atoms with E-state index in [-0.39, 0.29) is 16.9 Å². The molecule has 2 atom stereocenters. The first kappa shape index (κ1) is 17.9. The average molecular weight is 364 g/mol. The molecule has 1 aromatic carbocycles. The quantitative estimate of drug-likeness (QED) is 0.871. The summed E-state index contributed by atoms with van der Waals surface area (Å²) in [6.07, 6.45) is 4.70. The molecule has 136 valence electrons. The fraction of sp³-hybridized carbons (Fsp3) is 0.471. The monoisotopic (exact) mass is 364 g/mol. The summed E-state index contributed by atoms with van der Waals surface area (Å²) in [6, 6.07) is 7.32. The Morgan fingerprint density at radius 2 is 2.12 bits per heavy atom. The highest BCUT2D eigenvalue weighted by atomic mass is 32.2. The minimum atomic E-state index is -3.58. The number of piperidine rings is 1. The highest BCUT2D eigenvalue weighted by Gasteiger charge is 2.32. The zero-order valence-electron chi connectivity index (χ0n) is 14.5. The lowest BCUT2D eigenvalue weighted by Crippen LogP contribution is -2.44. The third-order valence-electron chi connectivity index (χ3n) is 4.69. The molecule has 0 bridgehead atoms. The van der Waals surface area contributed by atoms with Gasteiger partial charge in [0.15, 0.2) is 0 Å². The van der Waals surface area contributed by atoms with E-state index in [0.717, 1.165) is 12.8 Å². The first-order valence-electron chi connectivity index (χ1n) is 8.37. The number of sulfonamides is 1. The Kier molecular flexibility index (Phi) is 5.12. The van der Waals surface area contributed by atoms with Gasteiger partial charge in [-0.3, -0.25) is 0 Å². The maximum absolute atomic E-state index is 13.0. The number of para-hydroxylation sites is 2. The van der Waals surface area contributed by atoms with Crippen molar-refractivity contribution in [3.05, 3.63) is 36.7 Å². The van der Waals surface area contributed by atoms with Crippen LogP contribution in [0, 0.1) is 5.92 Å². The second-order valence-electron chi connectivity index (χ2n) is 6.42. The molecule has 3 rings (SSSR count). The minimum absolute atomic E-state index is 0.0192. The molecule has 25 heavy (non-hydrogen) atoms. The van der Waals surface area contributed by atoms with Crippen molar-refractivity contribution in [2.45, 2.75) is 30.7 Å². The van der Waals surface area contributed by atoms with E-state index in [9.17, 15) is 8.42 Å². The first-order valence-corrected chi connectivity index (χ1v) is 9.81. The van der Waals surface area contributed by atoms with Gasteiger partial charge in [0.05, 0.1) is 19.5 Å². The second kappa shape index (κ2) is 7.15. The van der Waals surface area contributed by atoms with Crippen LogP contribution < -0.4 is 10.5 Å². The van der Waals surface area contributed by atoms with E-state index in [4.69, 9.17) is 10.5 Å². The number of benzene rings is 1. The summed E-state index contributed by atoms with van der Waals surface area (Å²) in [7, 11) is -2.01. The molecule has 2 N–H and O–H groups in total. The first-order chi connectivity index (χ1) is 11.9. The maximum atomic E-state index is 13.0. The molecule has 8 heteroatoms. The number of nitrogens with two attached hydrogens (primary N) is 1. The van der Waals surface area contributed by atoms with Gasteiger partial charge in [0, 0.05) is 19.1 Å². The number of hydrogen-bond acceptors (Lipinski definition) is 5. The molecular formula is C17H24N4O3S. The summed E-state index contributed by atoms with van der Waals surface area (Å²) in [5.74, 6) is 0.817. The summed E-state index contributed by atoms with van der Waals surface area (Å²) in [5.41, 5.74) is 6.66. The Morgan fingerprint density at radius 3 is 2.84 bits per heavy atom. The molecule has 2 aromatic rings. The van der Waals surface area contributed by atoms with Crippen LogP contribution in [0.2, 0.25) is 0 Å². The topological polar surface area (TPSA) is 90.5 Å². The lowest BCUT2D eigenvalue weighted by Gasteiger charge is -2.33. The van der Waals surface area contributed by atoms with E-state index in [0.29, 0.717) is 24.5 Å². The lowest BCUT2D eigenvalue weighted by atomic mass is 9.93. The summed E-state index contributed by atoms with van der Waals surface area (Å²) in [6.45, 7) is 2.91. The van der Waals surface area contributed by atoms with Gasteiger partial charge in [0.2, 0.25) is 10.0 Å². The predicted octanol–water partition coefficient (Wildman–Crippen LogP) is 1.63. The fourth-order valence-electron chi connectivity index (χ4n) is 3.16. The van der Waals surface area contributed by atoms with Crippen molar-refractivity contribution in [1.29, 1.82) is 0 Å². The van der Waals surface area contributed by atoms with Gasteiger partial charge in [-0.05, 0) is 37.8 Å². The molecule has 2 heterocycles. The van der Waals surface area contributed by atoms with E-state index >= 15 is 0 Å². The van der Waals surface area contributed by atoms with Crippen molar-refractivity contribution in [3.63, 3.8) is 0 Å². The van der Waals surface area contributed by atoms with Crippen LogP contribution in [0.5, 0.6) is 5.75 Å². The molecule has 2 unspecified atom stereocenters. The molecule has 0 radical (unpaired) electrons. The van der Waals surface area contributed by atoms with Crippen molar-refractivity contribution in [3.8, 4) is 11.4 Å².